The van der Waals surface area contributed by atoms with Gasteiger partial charge in [0.1, 0.15) is 0 Å². The van der Waals surface area contributed by atoms with E-state index < -0.39 is 0 Å². The molecular weight excluding hydrogens is 297 g/mol. The Kier molecular flexibility index (Phi) is 11.7. The van der Waals surface area contributed by atoms with Crippen molar-refractivity contribution in [3.8, 4) is 0 Å². The summed E-state index contributed by atoms with van der Waals surface area (Å²) in [5.74, 6) is 0.884. The van der Waals surface area contributed by atoms with Gasteiger partial charge in [0.2, 0.25) is 0 Å². The number of allylic oxidation sites excluding steroid dienone is 4. The number of rotatable bonds is 0. The van der Waals surface area contributed by atoms with Crippen molar-refractivity contribution in [2.45, 2.75) is 19.3 Å². The molecule has 17 heavy (non-hydrogen) atoms. The third kappa shape index (κ3) is 6.07. The molecule has 0 N–H and O–H groups in total. The van der Waals surface area contributed by atoms with Crippen LogP contribution < -0.4 is 9.41 Å². The number of halogens is 2. The minimum absolute atomic E-state index is 0. The van der Waals surface area contributed by atoms with Gasteiger partial charge in [-0.3, -0.25) is 0 Å². The second-order valence-electron chi connectivity index (χ2n) is 3.77. The number of fused-ring (bicyclic) bond motifs is 1. The normalized spacial score (nSPS) is 18.8. The van der Waals surface area contributed by atoms with Crippen molar-refractivity contribution in [3.63, 3.8) is 0 Å². The first-order chi connectivity index (χ1) is 6.97. The van der Waals surface area contributed by atoms with Crippen molar-refractivity contribution in [2.75, 3.05) is 0 Å². The fraction of sp³-hybridized carbons (Fsp3) is 0.286. The van der Waals surface area contributed by atoms with Crippen LogP contribution in [0.5, 0.6) is 0 Å². The van der Waals surface area contributed by atoms with E-state index in [-0.39, 0.29) is 35.6 Å². The van der Waals surface area contributed by atoms with E-state index in [1.165, 1.54) is 19.3 Å². The summed E-state index contributed by atoms with van der Waals surface area (Å²) in [6, 6.07) is 10.0. The molecule has 0 spiro atoms. The molecule has 1 aromatic rings. The van der Waals surface area contributed by atoms with Gasteiger partial charge in [-0.1, -0.05) is 6.42 Å². The molecule has 2 aliphatic rings. The zero-order valence-electron chi connectivity index (χ0n) is 9.65. The summed E-state index contributed by atoms with van der Waals surface area (Å²) in [6.07, 6.45) is 13.0. The molecule has 0 aromatic heterocycles. The topological polar surface area (TPSA) is 0 Å². The van der Waals surface area contributed by atoms with Gasteiger partial charge in [-0.05, 0) is 12.3 Å². The molecule has 1 saturated carbocycles. The monoisotopic (exact) mass is 312 g/mol. The molecule has 0 bridgehead atoms. The van der Waals surface area contributed by atoms with Gasteiger partial charge in [0.05, 0.1) is 0 Å². The van der Waals surface area contributed by atoms with E-state index >= 15 is 0 Å². The Morgan fingerprint density at radius 1 is 1.12 bits per heavy atom. The van der Waals surface area contributed by atoms with Gasteiger partial charge < -0.3 is 9.41 Å². The predicted octanol–water partition coefficient (Wildman–Crippen LogP) is -2.10. The van der Waals surface area contributed by atoms with E-state index in [0.717, 1.165) is 5.92 Å². The molecule has 1 fully saturated rings. The Balaban J connectivity index is 0. The molecule has 0 heterocycles. The van der Waals surface area contributed by atoms with Crippen LogP contribution in [0.1, 0.15) is 19.3 Å². The van der Waals surface area contributed by atoms with Crippen molar-refractivity contribution >= 4 is 0 Å². The van der Waals surface area contributed by atoms with Crippen molar-refractivity contribution in [1.82, 2.24) is 0 Å². The van der Waals surface area contributed by atoms with E-state index in [9.17, 15) is 0 Å². The molecular formula is C14H16F2Zr. The first-order valence-corrected chi connectivity index (χ1v) is 5.33. The van der Waals surface area contributed by atoms with Crippen molar-refractivity contribution in [3.05, 3.63) is 60.6 Å². The van der Waals surface area contributed by atoms with Crippen LogP contribution in [0.25, 0.3) is 0 Å². The van der Waals surface area contributed by atoms with Gasteiger partial charge in [-0.15, -0.1) is 18.6 Å². The maximum Gasteiger partial charge on any atom is 4.00 e. The Morgan fingerprint density at radius 3 is 2.35 bits per heavy atom. The summed E-state index contributed by atoms with van der Waals surface area (Å²) in [7, 11) is 0. The van der Waals surface area contributed by atoms with Gasteiger partial charge in [-0.2, -0.15) is 18.2 Å². The minimum Gasteiger partial charge on any atom is -1.00 e. The number of hydrogen-bond acceptors (Lipinski definition) is 0. The van der Waals surface area contributed by atoms with Crippen LogP contribution in [0, 0.1) is 12.3 Å². The predicted molar refractivity (Wildman–Crippen MR) is 60.9 cm³/mol. The maximum atomic E-state index is 2.37. The average Bonchev–Trinajstić information content (AvgIpc) is 2.92. The van der Waals surface area contributed by atoms with Crippen molar-refractivity contribution in [1.29, 1.82) is 0 Å². The summed E-state index contributed by atoms with van der Waals surface area (Å²) in [4.78, 5) is 0. The van der Waals surface area contributed by atoms with Crippen LogP contribution in [0.15, 0.2) is 54.1 Å². The maximum absolute atomic E-state index is 2.37. The Bertz CT molecular complexity index is 298. The standard InChI is InChI=1S/C9H11.C5H5.2FH.Zr/c1-2-5-9-7-3-6-8(9)4-1;1-2-4-5-3-1;;;/h1-2,4,6,9H,3,5,7H2;1-5H;2*1H;/q2*-1;;;+4/p-2. The average molecular weight is 314 g/mol. The largest absolute Gasteiger partial charge is 4.00 e. The fourth-order valence-electron chi connectivity index (χ4n) is 1.99. The first kappa shape index (κ1) is 18.8. The third-order valence-corrected chi connectivity index (χ3v) is 2.77. The van der Waals surface area contributed by atoms with Crippen molar-refractivity contribution < 1.29 is 35.6 Å². The first-order valence-electron chi connectivity index (χ1n) is 5.33. The summed E-state index contributed by atoms with van der Waals surface area (Å²) in [5.41, 5.74) is 1.58. The SMILES string of the molecule is C1=CCC2CC[CH-]C2=C1.[F-].[F-].[Zr+4].c1cc[cH-]c1. The smallest absolute Gasteiger partial charge is 1.00 e. The molecule has 90 valence electrons. The van der Waals surface area contributed by atoms with Crippen LogP contribution in [0.4, 0.5) is 0 Å². The number of hydrogen-bond donors (Lipinski definition) is 0. The molecule has 0 saturated heterocycles. The van der Waals surface area contributed by atoms with E-state index in [1.54, 1.807) is 5.57 Å². The van der Waals surface area contributed by atoms with Gasteiger partial charge in [0.15, 0.2) is 0 Å². The summed E-state index contributed by atoms with van der Waals surface area (Å²) in [5, 5.41) is 0. The Labute approximate surface area is 121 Å². The second-order valence-corrected chi connectivity index (χ2v) is 3.77. The Hall–Kier alpha value is -0.557. The van der Waals surface area contributed by atoms with Crippen LogP contribution in [0.2, 0.25) is 0 Å². The minimum atomic E-state index is 0. The molecule has 1 atom stereocenters. The molecule has 0 amide bonds. The summed E-state index contributed by atoms with van der Waals surface area (Å²) >= 11 is 0. The Morgan fingerprint density at radius 2 is 1.82 bits per heavy atom. The van der Waals surface area contributed by atoms with E-state index in [4.69, 9.17) is 0 Å². The molecule has 3 rings (SSSR count). The quantitative estimate of drug-likeness (QED) is 0.482. The zero-order valence-corrected chi connectivity index (χ0v) is 12.1. The summed E-state index contributed by atoms with van der Waals surface area (Å²) < 4.78 is 0. The molecule has 3 heteroatoms. The van der Waals surface area contributed by atoms with Crippen molar-refractivity contribution in [2.24, 2.45) is 5.92 Å². The van der Waals surface area contributed by atoms with Gasteiger partial charge >= 0.3 is 26.2 Å². The van der Waals surface area contributed by atoms with E-state index in [0.29, 0.717) is 0 Å². The third-order valence-electron chi connectivity index (χ3n) is 2.77. The van der Waals surface area contributed by atoms with Gasteiger partial charge in [0.25, 0.3) is 0 Å². The molecule has 0 nitrogen and oxygen atoms in total. The molecule has 0 aliphatic heterocycles. The van der Waals surface area contributed by atoms with Crippen LogP contribution in [-0.2, 0) is 26.2 Å². The molecule has 0 radical (unpaired) electrons. The van der Waals surface area contributed by atoms with Gasteiger partial charge in [0, 0.05) is 0 Å². The molecule has 1 aromatic carbocycles. The zero-order chi connectivity index (χ0) is 9.64. The van der Waals surface area contributed by atoms with Crippen LogP contribution in [-0.4, -0.2) is 0 Å². The molecule has 2 aliphatic carbocycles. The summed E-state index contributed by atoms with van der Waals surface area (Å²) in [6.45, 7) is 0. The van der Waals surface area contributed by atoms with Crippen LogP contribution in [0.3, 0.4) is 0 Å². The second kappa shape index (κ2) is 10.6. The van der Waals surface area contributed by atoms with E-state index in [2.05, 4.69) is 24.6 Å². The van der Waals surface area contributed by atoms with Crippen LogP contribution >= 0.6 is 0 Å². The molecule has 1 unspecified atom stereocenters. The van der Waals surface area contributed by atoms with E-state index in [1.807, 2.05) is 30.3 Å². The fourth-order valence-corrected chi connectivity index (χ4v) is 1.99. The van der Waals surface area contributed by atoms with Gasteiger partial charge in [-0.25, -0.2) is 30.2 Å².